The fraction of sp³-hybridized carbons (Fsp3) is 0.640. The summed E-state index contributed by atoms with van der Waals surface area (Å²) in [7, 11) is 0. The van der Waals surface area contributed by atoms with Crippen LogP contribution in [0.3, 0.4) is 0 Å². The maximum atomic E-state index is 13.2. The zero-order chi connectivity index (χ0) is 24.6. The first-order valence-corrected chi connectivity index (χ1v) is 11.8. The van der Waals surface area contributed by atoms with Gasteiger partial charge in [0.05, 0.1) is 11.1 Å². The van der Waals surface area contributed by atoms with Crippen LogP contribution < -0.4 is 5.32 Å². The second-order valence-electron chi connectivity index (χ2n) is 10.9. The molecule has 2 atom stereocenters. The summed E-state index contributed by atoms with van der Waals surface area (Å²) in [5, 5.41) is 18.7. The molecular formula is C25H38N4O4. The van der Waals surface area contributed by atoms with Crippen molar-refractivity contribution in [2.24, 2.45) is 0 Å². The van der Waals surface area contributed by atoms with Gasteiger partial charge in [-0.1, -0.05) is 18.2 Å². The van der Waals surface area contributed by atoms with Gasteiger partial charge < -0.3 is 20.1 Å². The van der Waals surface area contributed by atoms with Crippen molar-refractivity contribution in [2.45, 2.75) is 97.1 Å². The molecule has 2 N–H and O–H groups in total. The number of amides is 2. The molecule has 0 aliphatic carbocycles. The highest BCUT2D eigenvalue weighted by Crippen LogP contribution is 2.28. The van der Waals surface area contributed by atoms with Gasteiger partial charge in [0.25, 0.3) is 5.91 Å². The van der Waals surface area contributed by atoms with Crippen LogP contribution in [0.5, 0.6) is 0 Å². The van der Waals surface area contributed by atoms with Crippen molar-refractivity contribution in [1.29, 1.82) is 0 Å². The van der Waals surface area contributed by atoms with Gasteiger partial charge in [-0.2, -0.15) is 5.10 Å². The second kappa shape index (κ2) is 9.33. The third-order valence-corrected chi connectivity index (χ3v) is 5.78. The number of rotatable bonds is 6. The number of ether oxygens (including phenoxy) is 1. The van der Waals surface area contributed by atoms with Crippen molar-refractivity contribution in [1.82, 2.24) is 20.0 Å². The van der Waals surface area contributed by atoms with E-state index in [1.807, 2.05) is 63.6 Å². The van der Waals surface area contributed by atoms with Crippen molar-refractivity contribution in [3.63, 3.8) is 0 Å². The number of nitrogens with zero attached hydrogens (tertiary/aromatic N) is 3. The van der Waals surface area contributed by atoms with Crippen LogP contribution in [0.1, 0.15) is 84.3 Å². The first-order chi connectivity index (χ1) is 15.2. The summed E-state index contributed by atoms with van der Waals surface area (Å²) in [6.45, 7) is 13.4. The fourth-order valence-electron chi connectivity index (χ4n) is 4.26. The smallest absolute Gasteiger partial charge is 0.410 e. The Morgan fingerprint density at radius 2 is 1.88 bits per heavy atom. The van der Waals surface area contributed by atoms with Crippen LogP contribution in [-0.4, -0.2) is 61.6 Å². The summed E-state index contributed by atoms with van der Waals surface area (Å²) in [5.41, 5.74) is -0.128. The van der Waals surface area contributed by atoms with Gasteiger partial charge in [-0.15, -0.1) is 0 Å². The Bertz CT molecular complexity index is 1000. The Morgan fingerprint density at radius 3 is 2.48 bits per heavy atom. The number of para-hydroxylation sites is 1. The van der Waals surface area contributed by atoms with Gasteiger partial charge >= 0.3 is 6.09 Å². The van der Waals surface area contributed by atoms with Crippen LogP contribution in [0, 0.1) is 0 Å². The average Bonchev–Trinajstić information content (AvgIpc) is 3.26. The predicted octanol–water partition coefficient (Wildman–Crippen LogP) is 4.28. The van der Waals surface area contributed by atoms with Gasteiger partial charge in [-0.05, 0) is 73.8 Å². The molecule has 0 saturated carbocycles. The highest BCUT2D eigenvalue weighted by molar-refractivity contribution is 6.05. The molecular weight excluding hydrogens is 420 g/mol. The van der Waals surface area contributed by atoms with E-state index >= 15 is 0 Å². The molecule has 1 saturated heterocycles. The van der Waals surface area contributed by atoms with E-state index < -0.39 is 17.3 Å². The molecule has 0 unspecified atom stereocenters. The predicted molar refractivity (Wildman–Crippen MR) is 128 cm³/mol. The van der Waals surface area contributed by atoms with Gasteiger partial charge in [0, 0.05) is 30.1 Å². The third kappa shape index (κ3) is 6.25. The number of benzene rings is 1. The van der Waals surface area contributed by atoms with Gasteiger partial charge in [0.15, 0.2) is 5.69 Å². The third-order valence-electron chi connectivity index (χ3n) is 5.78. The van der Waals surface area contributed by atoms with Crippen molar-refractivity contribution in [3.05, 3.63) is 30.0 Å². The molecule has 0 spiro atoms. The van der Waals surface area contributed by atoms with Gasteiger partial charge in [0.2, 0.25) is 0 Å². The molecule has 182 valence electrons. The van der Waals surface area contributed by atoms with Gasteiger partial charge in [-0.25, -0.2) is 4.79 Å². The number of hydrogen-bond donors (Lipinski definition) is 2. The molecule has 1 aliphatic heterocycles. The Hall–Kier alpha value is -2.61. The quantitative estimate of drug-likeness (QED) is 0.674. The number of carbonyl (C=O) groups excluding carboxylic acids is 2. The lowest BCUT2D eigenvalue weighted by Crippen LogP contribution is -2.42. The molecule has 1 aliphatic rings. The lowest BCUT2D eigenvalue weighted by molar-refractivity contribution is 0.0169. The number of hydrogen-bond acceptors (Lipinski definition) is 5. The van der Waals surface area contributed by atoms with Gasteiger partial charge in [-0.3, -0.25) is 9.48 Å². The fourth-order valence-corrected chi connectivity index (χ4v) is 4.26. The average molecular weight is 459 g/mol. The first-order valence-electron chi connectivity index (χ1n) is 11.8. The van der Waals surface area contributed by atoms with Crippen LogP contribution in [-0.2, 0) is 4.74 Å². The largest absolute Gasteiger partial charge is 0.444 e. The topological polar surface area (TPSA) is 96.7 Å². The number of nitrogens with one attached hydrogen (secondary N) is 1. The normalized spacial score (nSPS) is 19.4. The van der Waals surface area contributed by atoms with Crippen LogP contribution >= 0.6 is 0 Å². The summed E-state index contributed by atoms with van der Waals surface area (Å²) < 4.78 is 7.46. The summed E-state index contributed by atoms with van der Waals surface area (Å²) in [6, 6.07) is 7.49. The molecule has 2 amide bonds. The standard InChI is InChI=1S/C25H38N4O4/c1-16(2)29-20-11-9-8-10-19(20)21(27-29)22(30)26-17-14-18(12-13-25(6,7)32)28(15-17)23(31)33-24(3,4)5/h8-11,16-18,32H,12-15H2,1-7H3,(H,26,30)/t17-,18+/m0/s1. The van der Waals surface area contributed by atoms with Crippen LogP contribution in [0.25, 0.3) is 10.9 Å². The Kier molecular flexibility index (Phi) is 7.07. The number of carbonyl (C=O) groups is 2. The van der Waals surface area contributed by atoms with Crippen LogP contribution in [0.15, 0.2) is 24.3 Å². The first kappa shape index (κ1) is 25.0. The number of aromatic nitrogens is 2. The number of fused-ring (bicyclic) bond motifs is 1. The molecule has 0 bridgehead atoms. The van der Waals surface area contributed by atoms with E-state index in [0.717, 1.165) is 10.9 Å². The molecule has 0 radical (unpaired) electrons. The van der Waals surface area contributed by atoms with Crippen molar-refractivity contribution in [3.8, 4) is 0 Å². The van der Waals surface area contributed by atoms with E-state index in [-0.39, 0.29) is 24.0 Å². The summed E-state index contributed by atoms with van der Waals surface area (Å²) in [6.07, 6.45) is 1.37. The SMILES string of the molecule is CC(C)n1nc(C(=O)N[C@H]2C[C@@H](CCC(C)(C)O)N(C(=O)OC(C)(C)C)C2)c2ccccc21. The second-order valence-corrected chi connectivity index (χ2v) is 10.9. The molecule has 8 nitrogen and oxygen atoms in total. The van der Waals surface area contributed by atoms with Crippen molar-refractivity contribution >= 4 is 22.9 Å². The lowest BCUT2D eigenvalue weighted by Gasteiger charge is -2.29. The summed E-state index contributed by atoms with van der Waals surface area (Å²) >= 11 is 0. The van der Waals surface area contributed by atoms with E-state index in [4.69, 9.17) is 4.74 Å². The van der Waals surface area contributed by atoms with Crippen molar-refractivity contribution < 1.29 is 19.4 Å². The Balaban J connectivity index is 1.78. The molecule has 1 fully saturated rings. The van der Waals surface area contributed by atoms with E-state index in [0.29, 0.717) is 31.5 Å². The lowest BCUT2D eigenvalue weighted by atomic mass is 9.97. The molecule has 1 aromatic heterocycles. The zero-order valence-corrected chi connectivity index (χ0v) is 20.9. The maximum Gasteiger partial charge on any atom is 0.410 e. The minimum absolute atomic E-state index is 0.122. The van der Waals surface area contributed by atoms with E-state index in [2.05, 4.69) is 10.4 Å². The minimum Gasteiger partial charge on any atom is -0.444 e. The zero-order valence-electron chi connectivity index (χ0n) is 20.9. The number of aliphatic hydroxyl groups is 1. The van der Waals surface area contributed by atoms with Crippen molar-refractivity contribution in [2.75, 3.05) is 6.54 Å². The van der Waals surface area contributed by atoms with Crippen LogP contribution in [0.2, 0.25) is 0 Å². The summed E-state index contributed by atoms with van der Waals surface area (Å²) in [5.74, 6) is -0.247. The van der Waals surface area contributed by atoms with E-state index in [1.54, 1.807) is 18.7 Å². The maximum absolute atomic E-state index is 13.2. The highest BCUT2D eigenvalue weighted by atomic mass is 16.6. The number of likely N-dealkylation sites (tertiary alicyclic amines) is 1. The van der Waals surface area contributed by atoms with E-state index in [9.17, 15) is 14.7 Å². The highest BCUT2D eigenvalue weighted by Gasteiger charge is 2.39. The Morgan fingerprint density at radius 1 is 1.21 bits per heavy atom. The Labute approximate surface area is 196 Å². The minimum atomic E-state index is -0.830. The van der Waals surface area contributed by atoms with Crippen LogP contribution in [0.4, 0.5) is 4.79 Å². The monoisotopic (exact) mass is 458 g/mol. The molecule has 3 rings (SSSR count). The van der Waals surface area contributed by atoms with Gasteiger partial charge in [0.1, 0.15) is 5.60 Å². The molecule has 33 heavy (non-hydrogen) atoms. The molecule has 1 aromatic carbocycles. The van der Waals surface area contributed by atoms with E-state index in [1.165, 1.54) is 0 Å². The summed E-state index contributed by atoms with van der Waals surface area (Å²) in [4.78, 5) is 27.8. The molecule has 8 heteroatoms. The molecule has 2 heterocycles. The molecule has 2 aromatic rings.